The van der Waals surface area contributed by atoms with Gasteiger partial charge in [-0.25, -0.2) is 8.78 Å². The van der Waals surface area contributed by atoms with Crippen LogP contribution in [-0.4, -0.2) is 12.5 Å². The summed E-state index contributed by atoms with van der Waals surface area (Å²) in [5.74, 6) is -2.00. The number of halogens is 3. The van der Waals surface area contributed by atoms with Gasteiger partial charge in [-0.2, -0.15) is 0 Å². The van der Waals surface area contributed by atoms with Crippen LogP contribution in [-0.2, 0) is 4.79 Å². The van der Waals surface area contributed by atoms with Gasteiger partial charge in [-0.3, -0.25) is 4.79 Å². The largest absolute Gasteiger partial charge is 0.324 e. The molecule has 0 bridgehead atoms. The zero-order valence-corrected chi connectivity index (χ0v) is 14.4. The molecule has 2 rings (SSSR count). The Kier molecular flexibility index (Phi) is 5.85. The van der Waals surface area contributed by atoms with Crippen LogP contribution < -0.4 is 10.6 Å². The van der Waals surface area contributed by atoms with E-state index in [0.717, 1.165) is 22.2 Å². The molecule has 1 atom stereocenters. The Morgan fingerprint density at radius 3 is 2.57 bits per heavy atom. The van der Waals surface area contributed by atoms with Gasteiger partial charge in [0.1, 0.15) is 0 Å². The molecule has 0 fully saturated rings. The van der Waals surface area contributed by atoms with Crippen LogP contribution in [0.15, 0.2) is 40.9 Å². The fraction of sp³-hybridized carbons (Fsp3) is 0.235. The quantitative estimate of drug-likeness (QED) is 0.807. The van der Waals surface area contributed by atoms with Gasteiger partial charge in [0.25, 0.3) is 0 Å². The number of hydrogen-bond donors (Lipinski definition) is 2. The Morgan fingerprint density at radius 1 is 1.17 bits per heavy atom. The molecule has 122 valence electrons. The van der Waals surface area contributed by atoms with Crippen molar-refractivity contribution in [2.45, 2.75) is 19.9 Å². The summed E-state index contributed by atoms with van der Waals surface area (Å²) in [5.41, 5.74) is 2.34. The predicted octanol–water partition coefficient (Wildman–Crippen LogP) is 4.33. The molecule has 0 heterocycles. The van der Waals surface area contributed by atoms with Gasteiger partial charge in [0.05, 0.1) is 12.2 Å². The summed E-state index contributed by atoms with van der Waals surface area (Å²) in [5, 5.41) is 5.76. The molecule has 0 saturated heterocycles. The highest BCUT2D eigenvalue weighted by molar-refractivity contribution is 9.10. The topological polar surface area (TPSA) is 41.1 Å². The van der Waals surface area contributed by atoms with Gasteiger partial charge in [-0.05, 0) is 65.2 Å². The standard InChI is InChI=1S/C17H17BrF2N2O/c1-10-3-6-16(13(18)7-10)22-17(23)9-21-11(2)12-4-5-14(19)15(20)8-12/h3-8,11,21H,9H2,1-2H3,(H,22,23)/t11-/m0/s1. The van der Waals surface area contributed by atoms with E-state index in [0.29, 0.717) is 11.3 Å². The van der Waals surface area contributed by atoms with Crippen molar-refractivity contribution < 1.29 is 13.6 Å². The number of amides is 1. The lowest BCUT2D eigenvalue weighted by Crippen LogP contribution is -2.30. The van der Waals surface area contributed by atoms with Crippen molar-refractivity contribution >= 4 is 27.5 Å². The molecule has 0 spiro atoms. The Morgan fingerprint density at radius 2 is 1.91 bits per heavy atom. The number of anilines is 1. The monoisotopic (exact) mass is 382 g/mol. The first-order chi connectivity index (χ1) is 10.9. The molecular weight excluding hydrogens is 366 g/mol. The van der Waals surface area contributed by atoms with Crippen LogP contribution in [0.5, 0.6) is 0 Å². The number of aryl methyl sites for hydroxylation is 1. The van der Waals surface area contributed by atoms with E-state index < -0.39 is 11.6 Å². The molecule has 6 heteroatoms. The number of carbonyl (C=O) groups excluding carboxylic acids is 1. The van der Waals surface area contributed by atoms with Crippen LogP contribution in [0.2, 0.25) is 0 Å². The van der Waals surface area contributed by atoms with Gasteiger partial charge < -0.3 is 10.6 Å². The Labute approximate surface area is 142 Å². The number of rotatable bonds is 5. The zero-order chi connectivity index (χ0) is 17.0. The van der Waals surface area contributed by atoms with E-state index in [1.54, 1.807) is 6.92 Å². The van der Waals surface area contributed by atoms with E-state index in [9.17, 15) is 13.6 Å². The summed E-state index contributed by atoms with van der Waals surface area (Å²) in [6.07, 6.45) is 0. The molecule has 0 aliphatic heterocycles. The van der Waals surface area contributed by atoms with Crippen molar-refractivity contribution in [1.29, 1.82) is 0 Å². The lowest BCUT2D eigenvalue weighted by Gasteiger charge is -2.15. The molecule has 23 heavy (non-hydrogen) atoms. The van der Waals surface area contributed by atoms with Gasteiger partial charge in [-0.1, -0.05) is 12.1 Å². The fourth-order valence-corrected chi connectivity index (χ4v) is 2.65. The van der Waals surface area contributed by atoms with Gasteiger partial charge in [0, 0.05) is 10.5 Å². The van der Waals surface area contributed by atoms with E-state index in [4.69, 9.17) is 0 Å². The van der Waals surface area contributed by atoms with Gasteiger partial charge in [0.2, 0.25) is 5.91 Å². The molecule has 2 N–H and O–H groups in total. The summed E-state index contributed by atoms with van der Waals surface area (Å²) in [6, 6.07) is 9.04. The summed E-state index contributed by atoms with van der Waals surface area (Å²) in [6.45, 7) is 3.80. The van der Waals surface area contributed by atoms with Crippen molar-refractivity contribution in [1.82, 2.24) is 5.32 Å². The normalized spacial score (nSPS) is 12.0. The van der Waals surface area contributed by atoms with Gasteiger partial charge >= 0.3 is 0 Å². The number of carbonyl (C=O) groups is 1. The van der Waals surface area contributed by atoms with Crippen molar-refractivity contribution in [3.05, 3.63) is 63.6 Å². The summed E-state index contributed by atoms with van der Waals surface area (Å²) in [4.78, 5) is 12.0. The number of hydrogen-bond acceptors (Lipinski definition) is 2. The number of nitrogens with one attached hydrogen (secondary N) is 2. The first-order valence-electron chi connectivity index (χ1n) is 7.11. The third-order valence-electron chi connectivity index (χ3n) is 3.41. The predicted molar refractivity (Wildman–Crippen MR) is 90.3 cm³/mol. The van der Waals surface area contributed by atoms with Crippen LogP contribution in [0.3, 0.4) is 0 Å². The lowest BCUT2D eigenvalue weighted by molar-refractivity contribution is -0.115. The van der Waals surface area contributed by atoms with Crippen LogP contribution in [0.4, 0.5) is 14.5 Å². The van der Waals surface area contributed by atoms with E-state index in [1.165, 1.54) is 6.07 Å². The average Bonchev–Trinajstić information content (AvgIpc) is 2.50. The number of benzene rings is 2. The smallest absolute Gasteiger partial charge is 0.238 e. The summed E-state index contributed by atoms with van der Waals surface area (Å²) >= 11 is 3.39. The van der Waals surface area contributed by atoms with Crippen LogP contribution in [0, 0.1) is 18.6 Å². The second-order valence-corrected chi connectivity index (χ2v) is 6.16. The minimum atomic E-state index is -0.899. The first kappa shape index (κ1) is 17.6. The highest BCUT2D eigenvalue weighted by atomic mass is 79.9. The summed E-state index contributed by atoms with van der Waals surface area (Å²) < 4.78 is 26.9. The molecule has 3 nitrogen and oxygen atoms in total. The van der Waals surface area contributed by atoms with E-state index in [1.807, 2.05) is 25.1 Å². The molecule has 0 aliphatic carbocycles. The molecule has 0 saturated carbocycles. The second kappa shape index (κ2) is 7.66. The Hall–Kier alpha value is -1.79. The van der Waals surface area contributed by atoms with Crippen molar-refractivity contribution in [3.63, 3.8) is 0 Å². The maximum Gasteiger partial charge on any atom is 0.238 e. The third-order valence-corrected chi connectivity index (χ3v) is 4.07. The summed E-state index contributed by atoms with van der Waals surface area (Å²) in [7, 11) is 0. The van der Waals surface area contributed by atoms with Crippen molar-refractivity contribution in [2.24, 2.45) is 0 Å². The average molecular weight is 383 g/mol. The van der Waals surface area contributed by atoms with Crippen LogP contribution in [0.25, 0.3) is 0 Å². The lowest BCUT2D eigenvalue weighted by atomic mass is 10.1. The maximum atomic E-state index is 13.2. The first-order valence-corrected chi connectivity index (χ1v) is 7.90. The maximum absolute atomic E-state index is 13.2. The van der Waals surface area contributed by atoms with E-state index in [-0.39, 0.29) is 18.5 Å². The fourth-order valence-electron chi connectivity index (χ4n) is 2.06. The van der Waals surface area contributed by atoms with Crippen LogP contribution >= 0.6 is 15.9 Å². The zero-order valence-electron chi connectivity index (χ0n) is 12.8. The molecular formula is C17H17BrF2N2O. The Bertz CT molecular complexity index is 722. The van der Waals surface area contributed by atoms with Crippen molar-refractivity contribution in [2.75, 3.05) is 11.9 Å². The SMILES string of the molecule is Cc1ccc(NC(=O)CN[C@@H](C)c2ccc(F)c(F)c2)c(Br)c1. The molecule has 2 aromatic rings. The third kappa shape index (κ3) is 4.84. The molecule has 0 radical (unpaired) electrons. The highest BCUT2D eigenvalue weighted by Crippen LogP contribution is 2.23. The van der Waals surface area contributed by atoms with E-state index >= 15 is 0 Å². The molecule has 1 amide bonds. The minimum Gasteiger partial charge on any atom is -0.324 e. The molecule has 0 unspecified atom stereocenters. The molecule has 0 aliphatic rings. The van der Waals surface area contributed by atoms with Crippen LogP contribution in [0.1, 0.15) is 24.1 Å². The van der Waals surface area contributed by atoms with Crippen molar-refractivity contribution in [3.8, 4) is 0 Å². The van der Waals surface area contributed by atoms with Gasteiger partial charge in [0.15, 0.2) is 11.6 Å². The molecule has 2 aromatic carbocycles. The Balaban J connectivity index is 1.91. The second-order valence-electron chi connectivity index (χ2n) is 5.31. The minimum absolute atomic E-state index is 0.0560. The molecule has 0 aromatic heterocycles. The highest BCUT2D eigenvalue weighted by Gasteiger charge is 2.11. The van der Waals surface area contributed by atoms with E-state index in [2.05, 4.69) is 26.6 Å². The van der Waals surface area contributed by atoms with Gasteiger partial charge in [-0.15, -0.1) is 0 Å².